The van der Waals surface area contributed by atoms with Crippen molar-refractivity contribution in [3.63, 3.8) is 0 Å². The minimum absolute atomic E-state index is 0.283. The Morgan fingerprint density at radius 3 is 2.76 bits per heavy atom. The highest BCUT2D eigenvalue weighted by molar-refractivity contribution is 6.30. The Morgan fingerprint density at radius 1 is 1.15 bits per heavy atom. The Bertz CT molecular complexity index is 1490. The standard InChI is InChI=1S/C24H18ClN5O3/c25-17-9-6-15(7-10-17)13-24(23(26)32)18(4-2-12-27-24)19-14-30(29-28-19)20-5-1-3-16-8-11-21(31)33-22(16)20/h1-12,14,27H,13H2,(H2,26,32). The predicted octanol–water partition coefficient (Wildman–Crippen LogP) is 2.99. The van der Waals surface area contributed by atoms with E-state index >= 15 is 0 Å². The number of halogens is 1. The molecule has 0 radical (unpaired) electrons. The molecule has 3 heterocycles. The van der Waals surface area contributed by atoms with E-state index in [2.05, 4.69) is 15.6 Å². The van der Waals surface area contributed by atoms with Gasteiger partial charge in [0.2, 0.25) is 5.91 Å². The van der Waals surface area contributed by atoms with E-state index in [0.717, 1.165) is 10.9 Å². The van der Waals surface area contributed by atoms with Crippen LogP contribution in [0.15, 0.2) is 88.4 Å². The molecule has 1 aliphatic heterocycles. The van der Waals surface area contributed by atoms with Crippen LogP contribution < -0.4 is 16.7 Å². The van der Waals surface area contributed by atoms with Crippen molar-refractivity contribution in [2.45, 2.75) is 12.0 Å². The first-order valence-electron chi connectivity index (χ1n) is 10.1. The van der Waals surface area contributed by atoms with E-state index in [1.54, 1.807) is 48.8 Å². The van der Waals surface area contributed by atoms with Crippen molar-refractivity contribution in [1.29, 1.82) is 0 Å². The molecule has 3 N–H and O–H groups in total. The number of rotatable bonds is 5. The van der Waals surface area contributed by atoms with Crippen LogP contribution in [0.2, 0.25) is 5.02 Å². The van der Waals surface area contributed by atoms with Gasteiger partial charge in [0.1, 0.15) is 16.9 Å². The summed E-state index contributed by atoms with van der Waals surface area (Å²) in [6, 6.07) is 15.7. The second-order valence-electron chi connectivity index (χ2n) is 7.65. The maximum Gasteiger partial charge on any atom is 0.336 e. The van der Waals surface area contributed by atoms with Crippen molar-refractivity contribution in [3.8, 4) is 5.69 Å². The molecule has 1 aliphatic rings. The third-order valence-electron chi connectivity index (χ3n) is 5.59. The molecule has 5 rings (SSSR count). The van der Waals surface area contributed by atoms with Crippen molar-refractivity contribution >= 4 is 34.1 Å². The van der Waals surface area contributed by atoms with Crippen LogP contribution in [0.25, 0.3) is 22.2 Å². The maximum atomic E-state index is 12.8. The maximum absolute atomic E-state index is 12.8. The summed E-state index contributed by atoms with van der Waals surface area (Å²) in [6.07, 6.45) is 7.19. The number of amides is 1. The van der Waals surface area contributed by atoms with E-state index in [9.17, 15) is 9.59 Å². The van der Waals surface area contributed by atoms with Gasteiger partial charge in [-0.15, -0.1) is 5.10 Å². The molecule has 8 nitrogen and oxygen atoms in total. The number of hydrogen-bond donors (Lipinski definition) is 2. The Hall–Kier alpha value is -4.17. The van der Waals surface area contributed by atoms with E-state index in [1.165, 1.54) is 10.7 Å². The molecule has 0 fully saturated rings. The smallest absolute Gasteiger partial charge is 0.336 e. The third-order valence-corrected chi connectivity index (χ3v) is 5.85. The number of carbonyl (C=O) groups is 1. The van der Waals surface area contributed by atoms with E-state index in [1.807, 2.05) is 24.3 Å². The lowest BCUT2D eigenvalue weighted by atomic mass is 9.80. The molecule has 0 saturated heterocycles. The van der Waals surface area contributed by atoms with Crippen LogP contribution in [0, 0.1) is 0 Å². The van der Waals surface area contributed by atoms with Gasteiger partial charge in [-0.3, -0.25) is 4.79 Å². The van der Waals surface area contributed by atoms with Gasteiger partial charge >= 0.3 is 5.63 Å². The third kappa shape index (κ3) is 3.70. The molecule has 1 unspecified atom stereocenters. The van der Waals surface area contributed by atoms with Gasteiger partial charge in [0.15, 0.2) is 5.58 Å². The molecule has 164 valence electrons. The molecule has 1 amide bonds. The molecule has 0 spiro atoms. The van der Waals surface area contributed by atoms with Crippen molar-refractivity contribution in [1.82, 2.24) is 20.3 Å². The van der Waals surface area contributed by atoms with Gasteiger partial charge in [0, 0.05) is 28.5 Å². The number of benzene rings is 2. The lowest BCUT2D eigenvalue weighted by Gasteiger charge is -2.34. The molecule has 0 saturated carbocycles. The lowest BCUT2D eigenvalue weighted by molar-refractivity contribution is -0.122. The van der Waals surface area contributed by atoms with Gasteiger partial charge in [-0.1, -0.05) is 47.2 Å². The summed E-state index contributed by atoms with van der Waals surface area (Å²) in [6.45, 7) is 0. The number of aromatic nitrogens is 3. The van der Waals surface area contributed by atoms with Gasteiger partial charge in [0.05, 0.1) is 6.20 Å². The molecule has 33 heavy (non-hydrogen) atoms. The van der Waals surface area contributed by atoms with E-state index < -0.39 is 17.1 Å². The first-order valence-corrected chi connectivity index (χ1v) is 10.5. The number of para-hydroxylation sites is 1. The van der Waals surface area contributed by atoms with Gasteiger partial charge in [0.25, 0.3) is 0 Å². The van der Waals surface area contributed by atoms with Crippen molar-refractivity contribution in [2.75, 3.05) is 0 Å². The van der Waals surface area contributed by atoms with Gasteiger partial charge in [-0.25, -0.2) is 9.48 Å². The van der Waals surface area contributed by atoms with Gasteiger partial charge in [-0.2, -0.15) is 0 Å². The summed E-state index contributed by atoms with van der Waals surface area (Å²) >= 11 is 6.01. The van der Waals surface area contributed by atoms with Crippen molar-refractivity contribution < 1.29 is 9.21 Å². The molecule has 2 aromatic carbocycles. The highest BCUT2D eigenvalue weighted by atomic mass is 35.5. The first-order chi connectivity index (χ1) is 16.0. The number of nitrogens with two attached hydrogens (primary N) is 1. The summed E-state index contributed by atoms with van der Waals surface area (Å²) in [4.78, 5) is 24.6. The average molecular weight is 460 g/mol. The average Bonchev–Trinajstić information content (AvgIpc) is 3.30. The van der Waals surface area contributed by atoms with Crippen LogP contribution in [0.3, 0.4) is 0 Å². The van der Waals surface area contributed by atoms with E-state index in [4.69, 9.17) is 21.8 Å². The van der Waals surface area contributed by atoms with Crippen LogP contribution in [0.5, 0.6) is 0 Å². The quantitative estimate of drug-likeness (QED) is 0.443. The molecular formula is C24H18ClN5O3. The fourth-order valence-corrected chi connectivity index (χ4v) is 4.09. The van der Waals surface area contributed by atoms with Crippen LogP contribution in [0.1, 0.15) is 11.3 Å². The molecule has 9 heteroatoms. The zero-order chi connectivity index (χ0) is 23.0. The van der Waals surface area contributed by atoms with E-state index in [0.29, 0.717) is 27.6 Å². The fourth-order valence-electron chi connectivity index (χ4n) is 3.97. The summed E-state index contributed by atoms with van der Waals surface area (Å²) < 4.78 is 6.91. The molecule has 4 aromatic rings. The second kappa shape index (κ2) is 8.07. The Balaban J connectivity index is 1.59. The topological polar surface area (TPSA) is 116 Å². The number of hydrogen-bond acceptors (Lipinski definition) is 6. The number of dihydropyridines is 1. The minimum Gasteiger partial charge on any atom is -0.420 e. The highest BCUT2D eigenvalue weighted by Crippen LogP contribution is 2.33. The Labute approximate surface area is 193 Å². The molecule has 0 bridgehead atoms. The number of primary amides is 1. The van der Waals surface area contributed by atoms with Gasteiger partial charge in [-0.05, 0) is 42.1 Å². The highest BCUT2D eigenvalue weighted by Gasteiger charge is 2.42. The van der Waals surface area contributed by atoms with Gasteiger partial charge < -0.3 is 15.5 Å². The number of nitrogens with zero attached hydrogens (tertiary/aromatic N) is 3. The number of allylic oxidation sites excluding steroid dienone is 2. The number of nitrogens with one attached hydrogen (secondary N) is 1. The lowest BCUT2D eigenvalue weighted by Crippen LogP contribution is -2.56. The molecular weight excluding hydrogens is 442 g/mol. The number of carbonyl (C=O) groups excluding carboxylic acids is 1. The van der Waals surface area contributed by atoms with Crippen LogP contribution in [-0.4, -0.2) is 26.4 Å². The first kappa shape index (κ1) is 20.7. The Morgan fingerprint density at radius 2 is 1.97 bits per heavy atom. The normalized spacial score (nSPS) is 17.5. The van der Waals surface area contributed by atoms with Crippen molar-refractivity contribution in [2.24, 2.45) is 5.73 Å². The van der Waals surface area contributed by atoms with Crippen LogP contribution in [-0.2, 0) is 11.2 Å². The molecule has 0 aliphatic carbocycles. The minimum atomic E-state index is -1.24. The summed E-state index contributed by atoms with van der Waals surface area (Å²) in [5, 5.41) is 13.0. The summed E-state index contributed by atoms with van der Waals surface area (Å²) in [5.74, 6) is -0.557. The molecule has 1 atom stereocenters. The summed E-state index contributed by atoms with van der Waals surface area (Å²) in [5.41, 5.74) is 7.04. The second-order valence-corrected chi connectivity index (χ2v) is 8.09. The Kier molecular flexibility index (Phi) is 5.07. The monoisotopic (exact) mass is 459 g/mol. The molecule has 2 aromatic heterocycles. The van der Waals surface area contributed by atoms with E-state index in [-0.39, 0.29) is 6.42 Å². The summed E-state index contributed by atoms with van der Waals surface area (Å²) in [7, 11) is 0. The zero-order valence-electron chi connectivity index (χ0n) is 17.2. The van der Waals surface area contributed by atoms with Crippen LogP contribution in [0.4, 0.5) is 0 Å². The van der Waals surface area contributed by atoms with Crippen molar-refractivity contribution in [3.05, 3.63) is 106 Å². The SMILES string of the molecule is NC(=O)C1(Cc2ccc(Cl)cc2)NC=CC=C1c1cn(-c2cccc3ccc(=O)oc23)nn1. The fraction of sp³-hybridized carbons (Fsp3) is 0.0833. The van der Waals surface area contributed by atoms with Crippen LogP contribution >= 0.6 is 11.6 Å². The predicted molar refractivity (Wildman–Crippen MR) is 125 cm³/mol. The largest absolute Gasteiger partial charge is 0.420 e. The number of fused-ring (bicyclic) bond motifs is 1. The zero-order valence-corrected chi connectivity index (χ0v) is 18.0.